The predicted octanol–water partition coefficient (Wildman–Crippen LogP) is 0.932. The Morgan fingerprint density at radius 2 is 2.05 bits per heavy atom. The maximum Gasteiger partial charge on any atom is 0.251 e. The van der Waals surface area contributed by atoms with Gasteiger partial charge in [0.05, 0.1) is 6.10 Å². The highest BCUT2D eigenvalue weighted by Gasteiger charge is 2.39. The monoisotopic (exact) mass is 259 g/mol. The molecule has 98 valence electrons. The molecule has 0 fully saturated rings. The van der Waals surface area contributed by atoms with Crippen LogP contribution in [0.3, 0.4) is 0 Å². The van der Waals surface area contributed by atoms with Gasteiger partial charge in [0.25, 0.3) is 5.91 Å². The molecule has 2 aliphatic heterocycles. The lowest BCUT2D eigenvalue weighted by atomic mass is 9.76. The fourth-order valence-corrected chi connectivity index (χ4v) is 3.09. The summed E-state index contributed by atoms with van der Waals surface area (Å²) in [6.07, 6.45) is 3.84. The summed E-state index contributed by atoms with van der Waals surface area (Å²) in [4.78, 5) is 12.1. The molecule has 5 heteroatoms. The van der Waals surface area contributed by atoms with Gasteiger partial charge in [0.1, 0.15) is 0 Å². The van der Waals surface area contributed by atoms with Gasteiger partial charge in [0.2, 0.25) is 6.79 Å². The van der Waals surface area contributed by atoms with Gasteiger partial charge >= 0.3 is 0 Å². The molecule has 5 nitrogen and oxygen atoms in total. The standard InChI is InChI=1S/C14H13NO4/c16-10-3-1-2-9-13(10)7-4-11-12(19-6-18-11)5-8(7)14(17)15-9/h1,3-5,9-10,13,16H,2,6H2,(H,15,17)/t9-,10-,13?/m0/s1. The zero-order chi connectivity index (χ0) is 13.0. The van der Waals surface area contributed by atoms with Crippen LogP contribution >= 0.6 is 0 Å². The van der Waals surface area contributed by atoms with Crippen LogP contribution in [0.25, 0.3) is 0 Å². The number of rotatable bonds is 0. The van der Waals surface area contributed by atoms with E-state index < -0.39 is 6.10 Å². The van der Waals surface area contributed by atoms with Gasteiger partial charge in [-0.2, -0.15) is 0 Å². The highest BCUT2D eigenvalue weighted by Crippen LogP contribution is 2.42. The van der Waals surface area contributed by atoms with Crippen LogP contribution in [0.2, 0.25) is 0 Å². The average Bonchev–Trinajstić information content (AvgIpc) is 2.84. The molecule has 1 aromatic carbocycles. The molecule has 3 atom stereocenters. The first-order chi connectivity index (χ1) is 9.24. The number of hydrogen-bond acceptors (Lipinski definition) is 4. The first-order valence-electron chi connectivity index (χ1n) is 6.33. The van der Waals surface area contributed by atoms with E-state index in [0.717, 1.165) is 12.0 Å². The second-order valence-electron chi connectivity index (χ2n) is 5.05. The summed E-state index contributed by atoms with van der Waals surface area (Å²) in [7, 11) is 0. The molecule has 0 saturated heterocycles. The average molecular weight is 259 g/mol. The summed E-state index contributed by atoms with van der Waals surface area (Å²) in [6, 6.07) is 3.48. The number of ether oxygens (including phenoxy) is 2. The number of hydrogen-bond donors (Lipinski definition) is 2. The summed E-state index contributed by atoms with van der Waals surface area (Å²) >= 11 is 0. The number of aliphatic hydroxyl groups is 1. The molecule has 0 radical (unpaired) electrons. The van der Waals surface area contributed by atoms with E-state index in [-0.39, 0.29) is 24.7 Å². The molecule has 0 spiro atoms. The number of aliphatic hydroxyl groups excluding tert-OH is 1. The molecule has 4 rings (SSSR count). The Morgan fingerprint density at radius 3 is 2.89 bits per heavy atom. The normalized spacial score (nSPS) is 30.6. The van der Waals surface area contributed by atoms with Crippen LogP contribution in [-0.2, 0) is 0 Å². The summed E-state index contributed by atoms with van der Waals surface area (Å²) in [5.74, 6) is 1.01. The van der Waals surface area contributed by atoms with Crippen LogP contribution in [0.1, 0.15) is 28.3 Å². The van der Waals surface area contributed by atoms with Crippen LogP contribution in [0.5, 0.6) is 11.5 Å². The lowest BCUT2D eigenvalue weighted by molar-refractivity contribution is 0.0868. The van der Waals surface area contributed by atoms with Crippen LogP contribution in [-0.4, -0.2) is 30.0 Å². The Hall–Kier alpha value is -2.01. The molecule has 1 unspecified atom stereocenters. The molecule has 0 saturated carbocycles. The maximum absolute atomic E-state index is 12.1. The lowest BCUT2D eigenvalue weighted by Gasteiger charge is -2.37. The Kier molecular flexibility index (Phi) is 2.14. The molecule has 19 heavy (non-hydrogen) atoms. The number of amides is 1. The second-order valence-corrected chi connectivity index (χ2v) is 5.05. The third kappa shape index (κ3) is 1.48. The largest absolute Gasteiger partial charge is 0.454 e. The Bertz CT molecular complexity index is 595. The smallest absolute Gasteiger partial charge is 0.251 e. The van der Waals surface area contributed by atoms with Crippen molar-refractivity contribution in [3.05, 3.63) is 35.4 Å². The van der Waals surface area contributed by atoms with Gasteiger partial charge in [-0.1, -0.05) is 12.2 Å². The fraction of sp³-hybridized carbons (Fsp3) is 0.357. The van der Waals surface area contributed by atoms with Crippen molar-refractivity contribution in [1.82, 2.24) is 5.32 Å². The van der Waals surface area contributed by atoms with E-state index in [2.05, 4.69) is 5.32 Å². The summed E-state index contributed by atoms with van der Waals surface area (Å²) in [6.45, 7) is 0.177. The Morgan fingerprint density at radius 1 is 1.26 bits per heavy atom. The van der Waals surface area contributed by atoms with E-state index in [1.165, 1.54) is 0 Å². The van der Waals surface area contributed by atoms with Crippen molar-refractivity contribution in [2.24, 2.45) is 0 Å². The van der Waals surface area contributed by atoms with Crippen molar-refractivity contribution in [3.63, 3.8) is 0 Å². The van der Waals surface area contributed by atoms with Gasteiger partial charge in [0, 0.05) is 17.5 Å². The zero-order valence-corrected chi connectivity index (χ0v) is 10.1. The molecule has 2 heterocycles. The van der Waals surface area contributed by atoms with Crippen molar-refractivity contribution in [2.45, 2.75) is 24.5 Å². The second kappa shape index (κ2) is 3.74. The quantitative estimate of drug-likeness (QED) is 0.680. The molecule has 2 N–H and O–H groups in total. The minimum absolute atomic E-state index is 0.0552. The van der Waals surface area contributed by atoms with Crippen LogP contribution in [0, 0.1) is 0 Å². The van der Waals surface area contributed by atoms with Gasteiger partial charge in [-0.3, -0.25) is 4.79 Å². The van der Waals surface area contributed by atoms with Crippen molar-refractivity contribution < 1.29 is 19.4 Å². The highest BCUT2D eigenvalue weighted by atomic mass is 16.7. The third-order valence-electron chi connectivity index (χ3n) is 3.99. The van der Waals surface area contributed by atoms with E-state index in [1.54, 1.807) is 12.1 Å². The predicted molar refractivity (Wildman–Crippen MR) is 66.3 cm³/mol. The minimum Gasteiger partial charge on any atom is -0.454 e. The SMILES string of the molecule is O=C1N[C@H]2CC=C[C@H](O)C2c2cc3c(cc21)OCO3. The minimum atomic E-state index is -0.585. The summed E-state index contributed by atoms with van der Waals surface area (Å²) in [5.41, 5.74) is 1.41. The fourth-order valence-electron chi connectivity index (χ4n) is 3.09. The molecule has 0 bridgehead atoms. The van der Waals surface area contributed by atoms with E-state index >= 15 is 0 Å². The molecule has 3 aliphatic rings. The molecular weight excluding hydrogens is 246 g/mol. The van der Waals surface area contributed by atoms with Crippen molar-refractivity contribution >= 4 is 5.91 Å². The summed E-state index contributed by atoms with van der Waals surface area (Å²) in [5, 5.41) is 13.1. The lowest BCUT2D eigenvalue weighted by Crippen LogP contribution is -2.48. The van der Waals surface area contributed by atoms with Crippen LogP contribution < -0.4 is 14.8 Å². The summed E-state index contributed by atoms with van der Waals surface area (Å²) < 4.78 is 10.7. The van der Waals surface area contributed by atoms with E-state index in [1.807, 2.05) is 12.1 Å². The zero-order valence-electron chi connectivity index (χ0n) is 10.1. The van der Waals surface area contributed by atoms with Crippen LogP contribution in [0.15, 0.2) is 24.3 Å². The topological polar surface area (TPSA) is 67.8 Å². The van der Waals surface area contributed by atoms with Crippen molar-refractivity contribution in [2.75, 3.05) is 6.79 Å². The first-order valence-corrected chi connectivity index (χ1v) is 6.33. The Balaban J connectivity index is 1.89. The third-order valence-corrected chi connectivity index (χ3v) is 3.99. The van der Waals surface area contributed by atoms with Crippen molar-refractivity contribution in [3.8, 4) is 11.5 Å². The maximum atomic E-state index is 12.1. The number of carbonyl (C=O) groups is 1. The van der Waals surface area contributed by atoms with Gasteiger partial charge in [-0.15, -0.1) is 0 Å². The molecule has 1 aromatic rings. The van der Waals surface area contributed by atoms with E-state index in [4.69, 9.17) is 9.47 Å². The number of fused-ring (bicyclic) bond motifs is 4. The molecule has 1 amide bonds. The number of benzene rings is 1. The number of nitrogens with one attached hydrogen (secondary N) is 1. The highest BCUT2D eigenvalue weighted by molar-refractivity contribution is 5.98. The van der Waals surface area contributed by atoms with Crippen LogP contribution in [0.4, 0.5) is 0 Å². The molecular formula is C14H13NO4. The number of carbonyl (C=O) groups excluding carboxylic acids is 1. The van der Waals surface area contributed by atoms with Gasteiger partial charge in [-0.05, 0) is 24.1 Å². The van der Waals surface area contributed by atoms with E-state index in [0.29, 0.717) is 17.1 Å². The van der Waals surface area contributed by atoms with E-state index in [9.17, 15) is 9.90 Å². The van der Waals surface area contributed by atoms with Crippen molar-refractivity contribution in [1.29, 1.82) is 0 Å². The Labute approximate surface area is 109 Å². The van der Waals surface area contributed by atoms with Gasteiger partial charge < -0.3 is 19.9 Å². The molecule has 0 aromatic heterocycles. The first kappa shape index (κ1) is 10.9. The van der Waals surface area contributed by atoms with Gasteiger partial charge in [0.15, 0.2) is 11.5 Å². The van der Waals surface area contributed by atoms with Gasteiger partial charge in [-0.25, -0.2) is 0 Å². The molecule has 1 aliphatic carbocycles.